The van der Waals surface area contributed by atoms with Gasteiger partial charge in [-0.2, -0.15) is 0 Å². The van der Waals surface area contributed by atoms with Crippen molar-refractivity contribution in [3.63, 3.8) is 0 Å². The van der Waals surface area contributed by atoms with E-state index in [9.17, 15) is 4.79 Å². The molecule has 134 valence electrons. The fraction of sp³-hybridized carbons (Fsp3) is 0.500. The molecule has 2 heterocycles. The monoisotopic (exact) mass is 341 g/mol. The molecule has 1 aromatic heterocycles. The summed E-state index contributed by atoms with van der Waals surface area (Å²) >= 11 is 0. The number of carbonyl (C=O) groups is 1. The van der Waals surface area contributed by atoms with Gasteiger partial charge in [-0.15, -0.1) is 0 Å². The summed E-state index contributed by atoms with van der Waals surface area (Å²) in [7, 11) is 1.66. The molecule has 0 fully saturated rings. The highest BCUT2D eigenvalue weighted by Crippen LogP contribution is 2.30. The van der Waals surface area contributed by atoms with E-state index < -0.39 is 0 Å². The molecule has 0 aliphatic carbocycles. The molecule has 1 amide bonds. The number of hydrogen-bond acceptors (Lipinski definition) is 3. The molecule has 1 aliphatic rings. The Kier molecular flexibility index (Phi) is 5.11. The number of rotatable bonds is 6. The van der Waals surface area contributed by atoms with E-state index in [-0.39, 0.29) is 5.91 Å². The van der Waals surface area contributed by atoms with Gasteiger partial charge in [-0.1, -0.05) is 20.8 Å². The Balaban J connectivity index is 1.94. The summed E-state index contributed by atoms with van der Waals surface area (Å²) in [5, 5.41) is 0. The fourth-order valence-electron chi connectivity index (χ4n) is 3.29. The van der Waals surface area contributed by atoms with Gasteiger partial charge in [0.25, 0.3) is 5.91 Å². The van der Waals surface area contributed by atoms with E-state index >= 15 is 0 Å². The van der Waals surface area contributed by atoms with E-state index in [1.807, 2.05) is 29.2 Å². The standard InChI is InChI=1S/C20H27N3O2/c1-5-17-18(15-6-8-16(25-4)9-7-15)23-13-12-22(11-10-14(2)3)20(24)19(23)21-17/h6-9,14H,5,10-13H2,1-4H3. The number of carbonyl (C=O) groups excluding carboxylic acids is 1. The van der Waals surface area contributed by atoms with Gasteiger partial charge in [-0.25, -0.2) is 4.98 Å². The first-order valence-electron chi connectivity index (χ1n) is 9.08. The maximum atomic E-state index is 12.9. The lowest BCUT2D eigenvalue weighted by atomic mass is 10.1. The Labute approximate surface area is 149 Å². The molecule has 3 rings (SSSR count). The van der Waals surface area contributed by atoms with Crippen LogP contribution in [0.2, 0.25) is 0 Å². The molecule has 0 unspecified atom stereocenters. The Morgan fingerprint density at radius 1 is 1.20 bits per heavy atom. The average molecular weight is 341 g/mol. The third-order valence-electron chi connectivity index (χ3n) is 4.79. The lowest BCUT2D eigenvalue weighted by molar-refractivity contribution is 0.0689. The highest BCUT2D eigenvalue weighted by Gasteiger charge is 2.30. The van der Waals surface area contributed by atoms with Crippen molar-refractivity contribution in [3.05, 3.63) is 35.8 Å². The molecule has 5 nitrogen and oxygen atoms in total. The van der Waals surface area contributed by atoms with Crippen LogP contribution in [-0.2, 0) is 13.0 Å². The average Bonchev–Trinajstić information content (AvgIpc) is 3.00. The molecule has 0 saturated heterocycles. The minimum Gasteiger partial charge on any atom is -0.497 e. The summed E-state index contributed by atoms with van der Waals surface area (Å²) in [5.74, 6) is 2.06. The molecule has 0 spiro atoms. The van der Waals surface area contributed by atoms with Gasteiger partial charge in [0, 0.05) is 25.2 Å². The van der Waals surface area contributed by atoms with Crippen LogP contribution in [-0.4, -0.2) is 40.6 Å². The Morgan fingerprint density at radius 2 is 1.92 bits per heavy atom. The van der Waals surface area contributed by atoms with Crippen molar-refractivity contribution in [3.8, 4) is 17.0 Å². The van der Waals surface area contributed by atoms with Crippen LogP contribution < -0.4 is 4.74 Å². The number of methoxy groups -OCH3 is 1. The van der Waals surface area contributed by atoms with Gasteiger partial charge in [0.2, 0.25) is 0 Å². The second-order valence-corrected chi connectivity index (χ2v) is 6.94. The van der Waals surface area contributed by atoms with Crippen LogP contribution in [0.1, 0.15) is 43.5 Å². The zero-order valence-corrected chi connectivity index (χ0v) is 15.6. The number of aromatic nitrogens is 2. The van der Waals surface area contributed by atoms with E-state index in [0.29, 0.717) is 11.7 Å². The molecule has 0 saturated carbocycles. The van der Waals surface area contributed by atoms with Crippen LogP contribution in [0.5, 0.6) is 5.75 Å². The lowest BCUT2D eigenvalue weighted by Crippen LogP contribution is -2.41. The van der Waals surface area contributed by atoms with Gasteiger partial charge in [-0.3, -0.25) is 4.79 Å². The molecule has 25 heavy (non-hydrogen) atoms. The summed E-state index contributed by atoms with van der Waals surface area (Å²) < 4.78 is 7.34. The molecule has 0 N–H and O–H groups in total. The van der Waals surface area contributed by atoms with Crippen LogP contribution >= 0.6 is 0 Å². The quantitative estimate of drug-likeness (QED) is 0.806. The molecule has 0 radical (unpaired) electrons. The maximum absolute atomic E-state index is 12.9. The van der Waals surface area contributed by atoms with Gasteiger partial charge in [-0.05, 0) is 43.0 Å². The number of ether oxygens (including phenoxy) is 1. The van der Waals surface area contributed by atoms with Crippen molar-refractivity contribution < 1.29 is 9.53 Å². The van der Waals surface area contributed by atoms with Gasteiger partial charge in [0.1, 0.15) is 5.75 Å². The number of imidazole rings is 1. The predicted octanol–water partition coefficient (Wildman–Crippen LogP) is 3.62. The summed E-state index contributed by atoms with van der Waals surface area (Å²) in [5.41, 5.74) is 3.14. The Bertz CT molecular complexity index is 747. The molecule has 5 heteroatoms. The van der Waals surface area contributed by atoms with Gasteiger partial charge in [0.15, 0.2) is 5.82 Å². The SMILES string of the molecule is CCc1nc2n(c1-c1ccc(OC)cc1)CCN(CCC(C)C)C2=O. The van der Waals surface area contributed by atoms with Crippen LogP contribution in [0.25, 0.3) is 11.3 Å². The number of hydrogen-bond donors (Lipinski definition) is 0. The highest BCUT2D eigenvalue weighted by atomic mass is 16.5. The van der Waals surface area contributed by atoms with Crippen LogP contribution in [0.4, 0.5) is 0 Å². The van der Waals surface area contributed by atoms with Gasteiger partial charge < -0.3 is 14.2 Å². The first-order chi connectivity index (χ1) is 12.0. The zero-order chi connectivity index (χ0) is 18.0. The molecular formula is C20H27N3O2. The van der Waals surface area contributed by atoms with Gasteiger partial charge >= 0.3 is 0 Å². The summed E-state index contributed by atoms with van der Waals surface area (Å²) in [6.45, 7) is 8.82. The van der Waals surface area contributed by atoms with Crippen molar-refractivity contribution in [2.75, 3.05) is 20.2 Å². The summed E-state index contributed by atoms with van der Waals surface area (Å²) in [4.78, 5) is 19.5. The molecule has 0 bridgehead atoms. The number of nitrogens with zero attached hydrogens (tertiary/aromatic N) is 3. The van der Waals surface area contributed by atoms with E-state index in [1.54, 1.807) is 7.11 Å². The fourth-order valence-corrected chi connectivity index (χ4v) is 3.29. The second-order valence-electron chi connectivity index (χ2n) is 6.94. The number of aryl methyl sites for hydroxylation is 1. The molecule has 1 aliphatic heterocycles. The largest absolute Gasteiger partial charge is 0.497 e. The Morgan fingerprint density at radius 3 is 2.52 bits per heavy atom. The minimum absolute atomic E-state index is 0.0568. The summed E-state index contributed by atoms with van der Waals surface area (Å²) in [6.07, 6.45) is 1.83. The number of benzene rings is 1. The first kappa shape index (κ1) is 17.5. The van der Waals surface area contributed by atoms with E-state index in [1.165, 1.54) is 0 Å². The second kappa shape index (κ2) is 7.30. The van der Waals surface area contributed by atoms with E-state index in [2.05, 4.69) is 30.3 Å². The van der Waals surface area contributed by atoms with Crippen LogP contribution in [0.15, 0.2) is 24.3 Å². The lowest BCUT2D eigenvalue weighted by Gasteiger charge is -2.29. The normalized spacial score (nSPS) is 14.1. The third-order valence-corrected chi connectivity index (χ3v) is 4.79. The van der Waals surface area contributed by atoms with Crippen LogP contribution in [0, 0.1) is 5.92 Å². The van der Waals surface area contributed by atoms with Crippen molar-refractivity contribution in [2.45, 2.75) is 40.2 Å². The minimum atomic E-state index is 0.0568. The predicted molar refractivity (Wildman–Crippen MR) is 99.0 cm³/mol. The van der Waals surface area contributed by atoms with Crippen molar-refractivity contribution in [1.29, 1.82) is 0 Å². The van der Waals surface area contributed by atoms with Crippen LogP contribution in [0.3, 0.4) is 0 Å². The number of fused-ring (bicyclic) bond motifs is 1. The van der Waals surface area contributed by atoms with E-state index in [4.69, 9.17) is 4.74 Å². The Hall–Kier alpha value is -2.30. The number of amides is 1. The molecule has 0 atom stereocenters. The third kappa shape index (κ3) is 3.41. The summed E-state index contributed by atoms with van der Waals surface area (Å²) in [6, 6.07) is 7.98. The molecule has 2 aromatic rings. The van der Waals surface area contributed by atoms with Gasteiger partial charge in [0.05, 0.1) is 18.5 Å². The molecular weight excluding hydrogens is 314 g/mol. The zero-order valence-electron chi connectivity index (χ0n) is 15.6. The van der Waals surface area contributed by atoms with Crippen molar-refractivity contribution >= 4 is 5.91 Å². The maximum Gasteiger partial charge on any atom is 0.289 e. The highest BCUT2D eigenvalue weighted by molar-refractivity contribution is 5.93. The topological polar surface area (TPSA) is 47.4 Å². The van der Waals surface area contributed by atoms with Crippen molar-refractivity contribution in [2.24, 2.45) is 5.92 Å². The molecule has 1 aromatic carbocycles. The van der Waals surface area contributed by atoms with E-state index in [0.717, 1.165) is 55.2 Å². The smallest absolute Gasteiger partial charge is 0.289 e. The first-order valence-corrected chi connectivity index (χ1v) is 9.08. The van der Waals surface area contributed by atoms with Crippen molar-refractivity contribution in [1.82, 2.24) is 14.5 Å².